The third-order valence-corrected chi connectivity index (χ3v) is 1.91. The predicted octanol–water partition coefficient (Wildman–Crippen LogP) is 2.24. The number of H-pyrrole nitrogens is 2. The monoisotopic (exact) mass is 193 g/mol. The Labute approximate surface area is 77.8 Å². The van der Waals surface area contributed by atoms with Gasteiger partial charge in [-0.3, -0.25) is 0 Å². The van der Waals surface area contributed by atoms with Gasteiger partial charge in [-0.05, 0) is 24.4 Å². The number of nitriles is 1. The number of rotatable bonds is 0. The lowest BCUT2D eigenvalue weighted by atomic mass is 10.2. The molecule has 0 aliphatic heterocycles. The first-order chi connectivity index (χ1) is 6.20. The molecule has 1 aromatic heterocycles. The lowest BCUT2D eigenvalue weighted by Crippen LogP contribution is -1.81. The largest absolute Gasteiger partial charge is 0.331 e. The van der Waals surface area contributed by atoms with Gasteiger partial charge in [-0.1, -0.05) is 0 Å². The van der Waals surface area contributed by atoms with Gasteiger partial charge >= 0.3 is 0 Å². The predicted molar refractivity (Wildman–Crippen MR) is 48.2 cm³/mol. The van der Waals surface area contributed by atoms with Crippen LogP contribution < -0.4 is 0 Å². The SMILES string of the molecule is N#Cc1cc(F)cc2[nH]c(=S)[nH]c12. The molecule has 13 heavy (non-hydrogen) atoms. The van der Waals surface area contributed by atoms with Crippen LogP contribution in [0.25, 0.3) is 11.0 Å². The van der Waals surface area contributed by atoms with Crippen molar-refractivity contribution >= 4 is 23.3 Å². The Morgan fingerprint density at radius 1 is 1.38 bits per heavy atom. The number of nitrogens with one attached hydrogen (secondary N) is 2. The van der Waals surface area contributed by atoms with Crippen LogP contribution in [0.2, 0.25) is 0 Å². The van der Waals surface area contributed by atoms with Crippen molar-refractivity contribution in [1.82, 2.24) is 9.97 Å². The molecule has 2 N–H and O–H groups in total. The Balaban J connectivity index is 2.98. The van der Waals surface area contributed by atoms with E-state index in [0.29, 0.717) is 15.8 Å². The molecule has 1 aromatic carbocycles. The van der Waals surface area contributed by atoms with E-state index in [1.54, 1.807) is 0 Å². The molecule has 0 saturated heterocycles. The molecule has 0 unspecified atom stereocenters. The van der Waals surface area contributed by atoms with E-state index in [9.17, 15) is 4.39 Å². The second-order valence-corrected chi connectivity index (χ2v) is 2.98. The number of benzene rings is 1. The summed E-state index contributed by atoms with van der Waals surface area (Å²) in [7, 11) is 0. The van der Waals surface area contributed by atoms with Crippen molar-refractivity contribution < 1.29 is 4.39 Å². The Kier molecular flexibility index (Phi) is 1.64. The molecule has 2 rings (SSSR count). The quantitative estimate of drug-likeness (QED) is 0.630. The molecule has 2 aromatic rings. The number of hydrogen-bond acceptors (Lipinski definition) is 2. The van der Waals surface area contributed by atoms with Crippen LogP contribution in [-0.2, 0) is 0 Å². The number of aromatic nitrogens is 2. The standard InChI is InChI=1S/C8H4FN3S/c9-5-1-4(3-10)7-6(2-5)11-8(13)12-7/h1-2H,(H2,11,12,13). The van der Waals surface area contributed by atoms with E-state index in [-0.39, 0.29) is 5.56 Å². The molecule has 5 heteroatoms. The Morgan fingerprint density at radius 2 is 2.15 bits per heavy atom. The maximum Gasteiger partial charge on any atom is 0.175 e. The van der Waals surface area contributed by atoms with Crippen LogP contribution >= 0.6 is 12.2 Å². The molecule has 0 saturated carbocycles. The fraction of sp³-hybridized carbons (Fsp3) is 0. The molecule has 64 valence electrons. The smallest absolute Gasteiger partial charge is 0.175 e. The van der Waals surface area contributed by atoms with Gasteiger partial charge in [-0.2, -0.15) is 5.26 Å². The summed E-state index contributed by atoms with van der Waals surface area (Å²) in [6, 6.07) is 4.35. The van der Waals surface area contributed by atoms with Gasteiger partial charge < -0.3 is 9.97 Å². The lowest BCUT2D eigenvalue weighted by molar-refractivity contribution is 0.629. The number of halogens is 1. The lowest BCUT2D eigenvalue weighted by Gasteiger charge is -1.92. The highest BCUT2D eigenvalue weighted by Gasteiger charge is 2.05. The topological polar surface area (TPSA) is 55.4 Å². The van der Waals surface area contributed by atoms with Crippen molar-refractivity contribution in [3.05, 3.63) is 28.3 Å². The number of aromatic amines is 2. The van der Waals surface area contributed by atoms with Gasteiger partial charge in [0, 0.05) is 0 Å². The summed E-state index contributed by atoms with van der Waals surface area (Å²) >= 11 is 4.82. The van der Waals surface area contributed by atoms with Gasteiger partial charge in [0.15, 0.2) is 4.77 Å². The molecular formula is C8H4FN3S. The van der Waals surface area contributed by atoms with Crippen molar-refractivity contribution in [3.8, 4) is 6.07 Å². The second-order valence-electron chi connectivity index (χ2n) is 2.57. The zero-order valence-corrected chi connectivity index (χ0v) is 7.20. The third kappa shape index (κ3) is 1.21. The van der Waals surface area contributed by atoms with Crippen molar-refractivity contribution in [2.75, 3.05) is 0 Å². The number of imidazole rings is 1. The average Bonchev–Trinajstić information content (AvgIpc) is 2.43. The summed E-state index contributed by atoms with van der Waals surface area (Å²) in [5, 5.41) is 8.68. The van der Waals surface area contributed by atoms with Crippen LogP contribution in [0.3, 0.4) is 0 Å². The molecule has 3 nitrogen and oxygen atoms in total. The van der Waals surface area contributed by atoms with Crippen LogP contribution in [0.4, 0.5) is 4.39 Å². The molecule has 0 fully saturated rings. The van der Waals surface area contributed by atoms with Gasteiger partial charge in [0.05, 0.1) is 16.6 Å². The van der Waals surface area contributed by atoms with E-state index < -0.39 is 5.82 Å². The molecule has 1 heterocycles. The first kappa shape index (κ1) is 7.95. The van der Waals surface area contributed by atoms with Crippen molar-refractivity contribution in [1.29, 1.82) is 5.26 Å². The highest BCUT2D eigenvalue weighted by Crippen LogP contribution is 2.16. The minimum atomic E-state index is -0.450. The number of nitrogens with zero attached hydrogens (tertiary/aromatic N) is 1. The summed E-state index contributed by atoms with van der Waals surface area (Å²) < 4.78 is 13.3. The molecule has 0 atom stereocenters. The van der Waals surface area contributed by atoms with E-state index in [0.717, 1.165) is 0 Å². The highest BCUT2D eigenvalue weighted by molar-refractivity contribution is 7.71. The van der Waals surface area contributed by atoms with Gasteiger partial charge in [-0.15, -0.1) is 0 Å². The van der Waals surface area contributed by atoms with E-state index in [2.05, 4.69) is 9.97 Å². The Hall–Kier alpha value is -1.67. The van der Waals surface area contributed by atoms with Crippen LogP contribution in [0.15, 0.2) is 12.1 Å². The first-order valence-electron chi connectivity index (χ1n) is 3.52. The molecule has 0 amide bonds. The van der Waals surface area contributed by atoms with Gasteiger partial charge in [-0.25, -0.2) is 4.39 Å². The van der Waals surface area contributed by atoms with Crippen LogP contribution in [0.1, 0.15) is 5.56 Å². The van der Waals surface area contributed by atoms with Crippen molar-refractivity contribution in [2.24, 2.45) is 0 Å². The maximum atomic E-state index is 12.9. The van der Waals surface area contributed by atoms with Gasteiger partial charge in [0.1, 0.15) is 11.9 Å². The van der Waals surface area contributed by atoms with E-state index in [1.807, 2.05) is 6.07 Å². The van der Waals surface area contributed by atoms with Gasteiger partial charge in [0.2, 0.25) is 0 Å². The summed E-state index contributed by atoms with van der Waals surface area (Å²) in [5.74, 6) is -0.450. The van der Waals surface area contributed by atoms with Crippen molar-refractivity contribution in [3.63, 3.8) is 0 Å². The second kappa shape index (κ2) is 2.68. The number of fused-ring (bicyclic) bond motifs is 1. The molecule has 0 aliphatic rings. The average molecular weight is 193 g/mol. The van der Waals surface area contributed by atoms with E-state index in [1.165, 1.54) is 12.1 Å². The molecular weight excluding hydrogens is 189 g/mol. The zero-order chi connectivity index (χ0) is 9.42. The fourth-order valence-electron chi connectivity index (χ4n) is 1.20. The maximum absolute atomic E-state index is 12.9. The number of hydrogen-bond donors (Lipinski definition) is 2. The zero-order valence-electron chi connectivity index (χ0n) is 6.39. The van der Waals surface area contributed by atoms with Gasteiger partial charge in [0.25, 0.3) is 0 Å². The summed E-state index contributed by atoms with van der Waals surface area (Å²) in [5.41, 5.74) is 1.32. The summed E-state index contributed by atoms with van der Waals surface area (Å²) in [6.07, 6.45) is 0. The van der Waals surface area contributed by atoms with E-state index >= 15 is 0 Å². The molecule has 0 bridgehead atoms. The summed E-state index contributed by atoms with van der Waals surface area (Å²) in [4.78, 5) is 5.52. The van der Waals surface area contributed by atoms with Crippen LogP contribution in [0, 0.1) is 21.9 Å². The molecule has 0 radical (unpaired) electrons. The molecule has 0 aliphatic carbocycles. The minimum Gasteiger partial charge on any atom is -0.331 e. The van der Waals surface area contributed by atoms with Crippen molar-refractivity contribution in [2.45, 2.75) is 0 Å². The normalized spacial score (nSPS) is 10.2. The Morgan fingerprint density at radius 3 is 2.85 bits per heavy atom. The first-order valence-corrected chi connectivity index (χ1v) is 3.93. The molecule has 0 spiro atoms. The fourth-order valence-corrected chi connectivity index (χ4v) is 1.41. The highest BCUT2D eigenvalue weighted by atomic mass is 32.1. The van der Waals surface area contributed by atoms with E-state index in [4.69, 9.17) is 17.5 Å². The minimum absolute atomic E-state index is 0.252. The Bertz CT molecular complexity index is 561. The third-order valence-electron chi connectivity index (χ3n) is 1.71. The van der Waals surface area contributed by atoms with Crippen LogP contribution in [-0.4, -0.2) is 9.97 Å². The van der Waals surface area contributed by atoms with Crippen LogP contribution in [0.5, 0.6) is 0 Å². The summed E-state index contributed by atoms with van der Waals surface area (Å²) in [6.45, 7) is 0.